The number of fused-ring (bicyclic) bond motifs is 12. The normalized spacial score (nSPS) is 13.2. The van der Waals surface area contributed by atoms with E-state index in [-0.39, 0.29) is 0 Å². The largest absolute Gasteiger partial charge is 0.457 e. The monoisotopic (exact) mass is 729 g/mol. The van der Waals surface area contributed by atoms with Gasteiger partial charge in [-0.2, -0.15) is 0 Å². The number of nitrogens with zero attached hydrogens (tertiary/aromatic N) is 3. The van der Waals surface area contributed by atoms with Gasteiger partial charge in [-0.25, -0.2) is 15.0 Å². The molecule has 0 saturated heterocycles. The van der Waals surface area contributed by atoms with Crippen LogP contribution in [0.3, 0.4) is 0 Å². The second kappa shape index (κ2) is 12.2. The first kappa shape index (κ1) is 31.7. The Labute approximate surface area is 328 Å². The summed E-state index contributed by atoms with van der Waals surface area (Å²) in [4.78, 5) is 15.4. The fraction of sp³-hybridized carbons (Fsp3) is 0.0192. The predicted molar refractivity (Wildman–Crippen MR) is 226 cm³/mol. The Morgan fingerprint density at radius 2 is 0.877 bits per heavy atom. The number of para-hydroxylation sites is 1. The van der Waals surface area contributed by atoms with E-state index >= 15 is 0 Å². The molecular formula is C52H31N3O2. The first-order valence-electron chi connectivity index (χ1n) is 19.2. The minimum atomic E-state index is -0.600. The smallest absolute Gasteiger partial charge is 0.164 e. The Bertz CT molecular complexity index is 3160. The van der Waals surface area contributed by atoms with Crippen molar-refractivity contribution in [3.8, 4) is 67.9 Å². The van der Waals surface area contributed by atoms with Crippen LogP contribution in [0.25, 0.3) is 78.4 Å². The molecule has 1 spiro atoms. The third-order valence-corrected chi connectivity index (χ3v) is 11.6. The molecule has 0 bridgehead atoms. The first-order chi connectivity index (χ1) is 28.2. The zero-order chi connectivity index (χ0) is 37.5. The number of aromatic nitrogens is 3. The molecule has 0 radical (unpaired) electrons. The lowest BCUT2D eigenvalue weighted by Gasteiger charge is -2.39. The van der Waals surface area contributed by atoms with Crippen LogP contribution in [-0.2, 0) is 5.41 Å². The molecule has 10 aromatic rings. The van der Waals surface area contributed by atoms with Crippen LogP contribution in [0.1, 0.15) is 22.3 Å². The third-order valence-electron chi connectivity index (χ3n) is 11.6. The lowest BCUT2D eigenvalue weighted by Crippen LogP contribution is -2.32. The van der Waals surface area contributed by atoms with Gasteiger partial charge in [0.05, 0.1) is 5.41 Å². The Kier molecular flexibility index (Phi) is 6.78. The SMILES string of the molecule is c1ccc(-c2ccc(-c3nc(-c4ccccc4)nc(-c4cccc5oc6cc7c(cc6c45)C4(c5ccccc5O7)c5ccccc5-c5ccccc54)n3)cc2)cc1. The van der Waals surface area contributed by atoms with E-state index in [1.165, 1.54) is 22.3 Å². The number of benzene rings is 8. The van der Waals surface area contributed by atoms with Crippen molar-refractivity contribution in [1.29, 1.82) is 0 Å². The van der Waals surface area contributed by atoms with Crippen LogP contribution < -0.4 is 4.74 Å². The number of furan rings is 1. The van der Waals surface area contributed by atoms with Crippen LogP contribution in [0, 0.1) is 0 Å². The van der Waals surface area contributed by atoms with Crippen molar-refractivity contribution in [3.05, 3.63) is 210 Å². The van der Waals surface area contributed by atoms with Crippen molar-refractivity contribution in [2.75, 3.05) is 0 Å². The summed E-state index contributed by atoms with van der Waals surface area (Å²) in [5, 5.41) is 1.92. The van der Waals surface area contributed by atoms with Gasteiger partial charge < -0.3 is 9.15 Å². The van der Waals surface area contributed by atoms with Crippen molar-refractivity contribution in [2.24, 2.45) is 0 Å². The predicted octanol–water partition coefficient (Wildman–Crippen LogP) is 12.9. The van der Waals surface area contributed by atoms with Crippen molar-refractivity contribution in [1.82, 2.24) is 15.0 Å². The molecule has 2 aromatic heterocycles. The van der Waals surface area contributed by atoms with Crippen LogP contribution in [0.15, 0.2) is 192 Å². The first-order valence-corrected chi connectivity index (χ1v) is 19.2. The molecule has 5 nitrogen and oxygen atoms in total. The van der Waals surface area contributed by atoms with Gasteiger partial charge >= 0.3 is 0 Å². The maximum absolute atomic E-state index is 6.79. The summed E-state index contributed by atoms with van der Waals surface area (Å²) in [6.45, 7) is 0. The van der Waals surface area contributed by atoms with Crippen molar-refractivity contribution in [3.63, 3.8) is 0 Å². The molecule has 0 fully saturated rings. The summed E-state index contributed by atoms with van der Waals surface area (Å²) in [6.07, 6.45) is 0. The summed E-state index contributed by atoms with van der Waals surface area (Å²) < 4.78 is 13.5. The zero-order valence-electron chi connectivity index (χ0n) is 30.6. The third kappa shape index (κ3) is 4.66. The van der Waals surface area contributed by atoms with Crippen molar-refractivity contribution < 1.29 is 9.15 Å². The second-order valence-corrected chi connectivity index (χ2v) is 14.7. The number of hydrogen-bond acceptors (Lipinski definition) is 5. The molecule has 3 heterocycles. The van der Waals surface area contributed by atoms with Gasteiger partial charge in [-0.15, -0.1) is 0 Å². The van der Waals surface area contributed by atoms with Gasteiger partial charge in [0.1, 0.15) is 22.7 Å². The lowest BCUT2D eigenvalue weighted by atomic mass is 9.66. The van der Waals surface area contributed by atoms with Crippen molar-refractivity contribution in [2.45, 2.75) is 5.41 Å². The molecule has 266 valence electrons. The molecule has 2 aliphatic rings. The van der Waals surface area contributed by atoms with E-state index in [1.807, 2.05) is 54.6 Å². The fourth-order valence-corrected chi connectivity index (χ4v) is 9.15. The lowest BCUT2D eigenvalue weighted by molar-refractivity contribution is 0.436. The molecule has 1 aliphatic carbocycles. The highest BCUT2D eigenvalue weighted by Crippen LogP contribution is 2.62. The molecule has 8 aromatic carbocycles. The molecule has 0 amide bonds. The van der Waals surface area contributed by atoms with Crippen LogP contribution >= 0.6 is 0 Å². The summed E-state index contributed by atoms with van der Waals surface area (Å²) in [5.74, 6) is 3.40. The van der Waals surface area contributed by atoms with Crippen LogP contribution in [0.4, 0.5) is 0 Å². The van der Waals surface area contributed by atoms with Gasteiger partial charge in [-0.1, -0.05) is 164 Å². The van der Waals surface area contributed by atoms with E-state index in [4.69, 9.17) is 24.1 Å². The van der Waals surface area contributed by atoms with Gasteiger partial charge in [0.25, 0.3) is 0 Å². The highest BCUT2D eigenvalue weighted by Gasteiger charge is 2.51. The van der Waals surface area contributed by atoms with E-state index in [0.717, 1.165) is 72.4 Å². The minimum Gasteiger partial charge on any atom is -0.457 e. The van der Waals surface area contributed by atoms with E-state index < -0.39 is 5.41 Å². The quantitative estimate of drug-likeness (QED) is 0.180. The Morgan fingerprint density at radius 1 is 0.351 bits per heavy atom. The minimum absolute atomic E-state index is 0.574. The number of rotatable bonds is 4. The highest BCUT2D eigenvalue weighted by atomic mass is 16.5. The van der Waals surface area contributed by atoms with Gasteiger partial charge in [0.2, 0.25) is 0 Å². The molecule has 0 atom stereocenters. The Hall–Kier alpha value is -7.63. The number of hydrogen-bond donors (Lipinski definition) is 0. The standard InChI is InChI=1S/C52H31N3O2/c1-3-14-32(15-4-1)33-26-28-35(29-27-33)50-53-49(34-16-5-2-6-17-34)54-51(55-50)38-20-13-25-45-48(38)39-30-43-47(31-46(39)57-45)56-44-24-12-11-23-42(44)52(43)40-21-9-7-18-36(40)37-19-8-10-22-41(37)52/h1-31H. The highest BCUT2D eigenvalue weighted by molar-refractivity contribution is 6.13. The molecule has 5 heteroatoms. The maximum Gasteiger partial charge on any atom is 0.164 e. The second-order valence-electron chi connectivity index (χ2n) is 14.7. The van der Waals surface area contributed by atoms with Gasteiger partial charge in [-0.05, 0) is 51.6 Å². The van der Waals surface area contributed by atoms with E-state index in [2.05, 4.69) is 133 Å². The molecular weight excluding hydrogens is 699 g/mol. The molecule has 0 saturated carbocycles. The van der Waals surface area contributed by atoms with E-state index in [9.17, 15) is 0 Å². The Morgan fingerprint density at radius 3 is 1.58 bits per heavy atom. The molecule has 1 aliphatic heterocycles. The molecule has 0 unspecified atom stereocenters. The van der Waals surface area contributed by atoms with Gasteiger partial charge in [-0.3, -0.25) is 0 Å². The zero-order valence-corrected chi connectivity index (χ0v) is 30.6. The summed E-state index contributed by atoms with van der Waals surface area (Å²) in [7, 11) is 0. The summed E-state index contributed by atoms with van der Waals surface area (Å²) in [5.41, 5.74) is 13.0. The van der Waals surface area contributed by atoms with E-state index in [1.54, 1.807) is 0 Å². The van der Waals surface area contributed by atoms with Crippen LogP contribution in [0.2, 0.25) is 0 Å². The van der Waals surface area contributed by atoms with E-state index in [0.29, 0.717) is 17.5 Å². The Balaban J connectivity index is 1.10. The topological polar surface area (TPSA) is 61.0 Å². The summed E-state index contributed by atoms with van der Waals surface area (Å²) >= 11 is 0. The van der Waals surface area contributed by atoms with Crippen molar-refractivity contribution >= 4 is 21.9 Å². The average Bonchev–Trinajstić information content (AvgIpc) is 3.80. The van der Waals surface area contributed by atoms with Gasteiger partial charge in [0.15, 0.2) is 17.5 Å². The fourth-order valence-electron chi connectivity index (χ4n) is 9.15. The number of ether oxygens (including phenoxy) is 1. The van der Waals surface area contributed by atoms with Gasteiger partial charge in [0, 0.05) is 44.7 Å². The van der Waals surface area contributed by atoms with Crippen LogP contribution in [-0.4, -0.2) is 15.0 Å². The molecule has 12 rings (SSSR count). The molecule has 57 heavy (non-hydrogen) atoms. The van der Waals surface area contributed by atoms with Crippen LogP contribution in [0.5, 0.6) is 11.5 Å². The average molecular weight is 730 g/mol. The maximum atomic E-state index is 6.79. The molecule has 0 N–H and O–H groups in total. The summed E-state index contributed by atoms with van der Waals surface area (Å²) in [6, 6.07) is 65.4.